The molecule has 0 radical (unpaired) electrons. The van der Waals surface area contributed by atoms with E-state index >= 15 is 0 Å². The fourth-order valence-electron chi connectivity index (χ4n) is 2.94. The number of nitrogens with one attached hydrogen (secondary N) is 2. The molecule has 3 rings (SSSR count). The smallest absolute Gasteiger partial charge is 0.154 e. The molecule has 9 heteroatoms. The zero-order valence-corrected chi connectivity index (χ0v) is 18.6. The monoisotopic (exact) mass is 436 g/mol. The largest absolute Gasteiger partial charge is 0.497 e. The summed E-state index contributed by atoms with van der Waals surface area (Å²) in [5, 5.41) is 12.7. The van der Waals surface area contributed by atoms with Gasteiger partial charge in [-0.1, -0.05) is 6.07 Å². The highest BCUT2D eigenvalue weighted by Crippen LogP contribution is 2.28. The van der Waals surface area contributed by atoms with Gasteiger partial charge in [0.25, 0.3) is 0 Å². The summed E-state index contributed by atoms with van der Waals surface area (Å²) in [6, 6.07) is 16.8. The van der Waals surface area contributed by atoms with Gasteiger partial charge in [-0.3, -0.25) is 5.01 Å². The fraction of sp³-hybridized carbons (Fsp3) is 0.217. The molecule has 0 aliphatic heterocycles. The Morgan fingerprint density at radius 3 is 2.31 bits per heavy atom. The first-order chi connectivity index (χ1) is 15.5. The highest BCUT2D eigenvalue weighted by Gasteiger charge is 2.11. The van der Waals surface area contributed by atoms with Crippen LogP contribution in [-0.2, 0) is 0 Å². The standard InChI is InChI=1S/C23H28N6O3/c1-29(15-26-16-7-5-8-18(11-16)30-2)28-22(24)21-9-6-10-25-23(21)27-17-12-19(31-3)14-20(13-17)32-4/h5-14,26H,15H2,1-4H3,(H2,24,28)(H,25,27). The average molecular weight is 437 g/mol. The first-order valence-electron chi connectivity index (χ1n) is 9.91. The van der Waals surface area contributed by atoms with Crippen LogP contribution in [0.2, 0.25) is 0 Å². The fourth-order valence-corrected chi connectivity index (χ4v) is 2.94. The van der Waals surface area contributed by atoms with E-state index < -0.39 is 0 Å². The normalized spacial score (nSPS) is 10.9. The van der Waals surface area contributed by atoms with Gasteiger partial charge in [0.2, 0.25) is 0 Å². The highest BCUT2D eigenvalue weighted by molar-refractivity contribution is 6.02. The molecule has 3 aromatic rings. The number of hydrazone groups is 1. The summed E-state index contributed by atoms with van der Waals surface area (Å²) in [6.07, 6.45) is 1.69. The molecule has 4 N–H and O–H groups in total. The zero-order chi connectivity index (χ0) is 22.9. The lowest BCUT2D eigenvalue weighted by Crippen LogP contribution is -2.26. The Hall–Kier alpha value is -4.14. The van der Waals surface area contributed by atoms with E-state index in [1.165, 1.54) is 0 Å². The Balaban J connectivity index is 1.74. The summed E-state index contributed by atoms with van der Waals surface area (Å²) >= 11 is 0. The van der Waals surface area contributed by atoms with Gasteiger partial charge in [0.15, 0.2) is 5.84 Å². The number of hydrogen-bond acceptors (Lipinski definition) is 8. The molecular weight excluding hydrogens is 408 g/mol. The number of nitrogens with zero attached hydrogens (tertiary/aromatic N) is 3. The number of pyridine rings is 1. The van der Waals surface area contributed by atoms with Crippen molar-refractivity contribution in [1.29, 1.82) is 0 Å². The van der Waals surface area contributed by atoms with E-state index in [1.54, 1.807) is 38.6 Å². The Labute approximate surface area is 187 Å². The van der Waals surface area contributed by atoms with Gasteiger partial charge in [-0.25, -0.2) is 4.98 Å². The third-order valence-electron chi connectivity index (χ3n) is 4.56. The Morgan fingerprint density at radius 1 is 0.938 bits per heavy atom. The van der Waals surface area contributed by atoms with E-state index in [9.17, 15) is 0 Å². The lowest BCUT2D eigenvalue weighted by Gasteiger charge is -2.17. The van der Waals surface area contributed by atoms with Crippen LogP contribution in [0.15, 0.2) is 65.9 Å². The average Bonchev–Trinajstić information content (AvgIpc) is 2.82. The minimum absolute atomic E-state index is 0.324. The number of ether oxygens (including phenoxy) is 3. The number of nitrogens with two attached hydrogens (primary N) is 1. The predicted molar refractivity (Wildman–Crippen MR) is 127 cm³/mol. The maximum atomic E-state index is 6.31. The summed E-state index contributed by atoms with van der Waals surface area (Å²) in [7, 11) is 6.67. The quantitative estimate of drug-likeness (QED) is 0.192. The number of benzene rings is 2. The minimum atomic E-state index is 0.324. The number of rotatable bonds is 10. The van der Waals surface area contributed by atoms with Crippen LogP contribution in [0.1, 0.15) is 5.56 Å². The number of aromatic nitrogens is 1. The SMILES string of the molecule is COc1cccc(NCN(C)/N=C(\N)c2cccnc2Nc2cc(OC)cc(OC)c2)c1. The van der Waals surface area contributed by atoms with Crippen LogP contribution in [0, 0.1) is 0 Å². The van der Waals surface area contributed by atoms with E-state index in [2.05, 4.69) is 20.7 Å². The molecule has 0 saturated carbocycles. The summed E-state index contributed by atoms with van der Waals surface area (Å²) < 4.78 is 15.9. The van der Waals surface area contributed by atoms with Gasteiger partial charge < -0.3 is 30.6 Å². The molecule has 0 fully saturated rings. The molecule has 0 atom stereocenters. The van der Waals surface area contributed by atoms with Gasteiger partial charge >= 0.3 is 0 Å². The first kappa shape index (κ1) is 22.5. The molecule has 32 heavy (non-hydrogen) atoms. The molecule has 0 saturated heterocycles. The zero-order valence-electron chi connectivity index (χ0n) is 18.6. The van der Waals surface area contributed by atoms with E-state index in [1.807, 2.05) is 55.6 Å². The second kappa shape index (κ2) is 10.8. The molecule has 0 amide bonds. The summed E-state index contributed by atoms with van der Waals surface area (Å²) in [5.41, 5.74) is 8.65. The minimum Gasteiger partial charge on any atom is -0.497 e. The van der Waals surface area contributed by atoms with E-state index in [4.69, 9.17) is 19.9 Å². The summed E-state index contributed by atoms with van der Waals surface area (Å²) in [4.78, 5) is 4.42. The van der Waals surface area contributed by atoms with E-state index in [-0.39, 0.29) is 0 Å². The van der Waals surface area contributed by atoms with Gasteiger partial charge in [-0.2, -0.15) is 5.10 Å². The maximum absolute atomic E-state index is 6.31. The van der Waals surface area contributed by atoms with Crippen molar-refractivity contribution in [3.63, 3.8) is 0 Å². The number of anilines is 3. The van der Waals surface area contributed by atoms with Crippen molar-refractivity contribution < 1.29 is 14.2 Å². The van der Waals surface area contributed by atoms with Crippen LogP contribution in [0.3, 0.4) is 0 Å². The molecule has 0 unspecified atom stereocenters. The van der Waals surface area contributed by atoms with Crippen LogP contribution < -0.4 is 30.6 Å². The van der Waals surface area contributed by atoms with E-state index in [0.29, 0.717) is 35.4 Å². The van der Waals surface area contributed by atoms with Gasteiger partial charge in [-0.05, 0) is 24.3 Å². The van der Waals surface area contributed by atoms with Crippen molar-refractivity contribution in [2.75, 3.05) is 45.7 Å². The van der Waals surface area contributed by atoms with Crippen molar-refractivity contribution in [2.24, 2.45) is 10.8 Å². The third-order valence-corrected chi connectivity index (χ3v) is 4.56. The topological polar surface area (TPSA) is 106 Å². The molecule has 168 valence electrons. The Bertz CT molecular complexity index is 1050. The van der Waals surface area contributed by atoms with Crippen LogP contribution in [0.5, 0.6) is 17.2 Å². The van der Waals surface area contributed by atoms with Crippen molar-refractivity contribution in [1.82, 2.24) is 9.99 Å². The van der Waals surface area contributed by atoms with Crippen LogP contribution in [0.25, 0.3) is 0 Å². The lowest BCUT2D eigenvalue weighted by atomic mass is 10.2. The van der Waals surface area contributed by atoms with Crippen molar-refractivity contribution >= 4 is 23.0 Å². The summed E-state index contributed by atoms with van der Waals surface area (Å²) in [5.74, 6) is 2.99. The van der Waals surface area contributed by atoms with Crippen molar-refractivity contribution in [3.8, 4) is 17.2 Å². The highest BCUT2D eigenvalue weighted by atomic mass is 16.5. The summed E-state index contributed by atoms with van der Waals surface area (Å²) in [6.45, 7) is 0.448. The van der Waals surface area contributed by atoms with Gasteiger partial charge in [0.1, 0.15) is 29.7 Å². The number of hydrogen-bond donors (Lipinski definition) is 3. The van der Waals surface area contributed by atoms with Crippen LogP contribution in [0.4, 0.5) is 17.2 Å². The number of amidine groups is 1. The Morgan fingerprint density at radius 2 is 1.62 bits per heavy atom. The first-order valence-corrected chi connectivity index (χ1v) is 9.91. The molecule has 0 aliphatic carbocycles. The van der Waals surface area contributed by atoms with Crippen LogP contribution >= 0.6 is 0 Å². The molecule has 0 bridgehead atoms. The molecule has 1 aromatic heterocycles. The van der Waals surface area contributed by atoms with Gasteiger partial charge in [0, 0.05) is 48.9 Å². The second-order valence-corrected chi connectivity index (χ2v) is 6.84. The molecule has 0 aliphatic rings. The van der Waals surface area contributed by atoms with Crippen molar-refractivity contribution in [2.45, 2.75) is 0 Å². The predicted octanol–water partition coefficient (Wildman–Crippen LogP) is 3.47. The van der Waals surface area contributed by atoms with Gasteiger partial charge in [-0.15, -0.1) is 0 Å². The molecule has 0 spiro atoms. The molecular formula is C23H28N6O3. The Kier molecular flexibility index (Phi) is 7.58. The molecule has 9 nitrogen and oxygen atoms in total. The molecule has 2 aromatic carbocycles. The maximum Gasteiger partial charge on any atom is 0.154 e. The number of methoxy groups -OCH3 is 3. The van der Waals surface area contributed by atoms with E-state index in [0.717, 1.165) is 17.1 Å². The van der Waals surface area contributed by atoms with Crippen LogP contribution in [-0.4, -0.2) is 50.9 Å². The lowest BCUT2D eigenvalue weighted by molar-refractivity contribution is 0.380. The third kappa shape index (κ3) is 5.94. The van der Waals surface area contributed by atoms with Crippen molar-refractivity contribution in [3.05, 3.63) is 66.4 Å². The second-order valence-electron chi connectivity index (χ2n) is 6.84. The molecule has 1 heterocycles. The van der Waals surface area contributed by atoms with Gasteiger partial charge in [0.05, 0.1) is 26.9 Å².